The second-order valence-electron chi connectivity index (χ2n) is 3.08. The van der Waals surface area contributed by atoms with E-state index in [-0.39, 0.29) is 0 Å². The normalized spacial score (nSPS) is 12.2. The fraction of sp³-hybridized carbons (Fsp3) is 0.625. The van der Waals surface area contributed by atoms with Crippen molar-refractivity contribution in [3.05, 3.63) is 6.92 Å². The Hall–Kier alpha value is -0.520. The molecule has 0 aromatic rings. The van der Waals surface area contributed by atoms with Crippen LogP contribution in [0.5, 0.6) is 0 Å². The summed E-state index contributed by atoms with van der Waals surface area (Å²) >= 11 is 0. The van der Waals surface area contributed by atoms with Gasteiger partial charge in [0.05, 0.1) is 0 Å². The molecular formula is C8H13O2. The molecule has 0 amide bonds. The van der Waals surface area contributed by atoms with Crippen LogP contribution in [0, 0.1) is 18.8 Å². The monoisotopic (exact) mass is 141 g/mol. The first-order valence-electron chi connectivity index (χ1n) is 3.05. The molecule has 0 rings (SSSR count). The molecular weight excluding hydrogens is 128 g/mol. The molecule has 57 valence electrons. The van der Waals surface area contributed by atoms with Crippen LogP contribution in [0.2, 0.25) is 0 Å². The molecule has 0 bridgehead atoms. The molecule has 0 saturated carbocycles. The minimum atomic E-state index is -1.26. The molecule has 1 unspecified atom stereocenters. The van der Waals surface area contributed by atoms with Crippen molar-refractivity contribution in [3.63, 3.8) is 0 Å². The highest BCUT2D eigenvalue weighted by molar-refractivity contribution is 5.19. The van der Waals surface area contributed by atoms with Crippen LogP contribution in [0.25, 0.3) is 0 Å². The Morgan fingerprint density at radius 3 is 1.60 bits per heavy atom. The summed E-state index contributed by atoms with van der Waals surface area (Å²) in [6, 6.07) is 0. The van der Waals surface area contributed by atoms with Crippen molar-refractivity contribution in [1.82, 2.24) is 0 Å². The third kappa shape index (κ3) is 7.48. The van der Waals surface area contributed by atoms with E-state index in [1.54, 1.807) is 13.8 Å². The van der Waals surface area contributed by atoms with E-state index in [1.807, 2.05) is 0 Å². The lowest BCUT2D eigenvalue weighted by atomic mass is 10.1. The average Bonchev–Trinajstić information content (AvgIpc) is 1.57. The highest BCUT2D eigenvalue weighted by Crippen LogP contribution is 2.01. The molecule has 0 aromatic carbocycles. The Kier molecular flexibility index (Phi) is 2.48. The molecule has 1 atom stereocenters. The summed E-state index contributed by atoms with van der Waals surface area (Å²) < 4.78 is 0. The number of hydrogen-bond acceptors (Lipinski definition) is 2. The van der Waals surface area contributed by atoms with Crippen LogP contribution in [0.4, 0.5) is 0 Å². The van der Waals surface area contributed by atoms with Crippen molar-refractivity contribution in [3.8, 4) is 11.8 Å². The van der Waals surface area contributed by atoms with Gasteiger partial charge in [-0.15, -0.1) is 0 Å². The lowest BCUT2D eigenvalue weighted by Crippen LogP contribution is -2.20. The molecule has 10 heavy (non-hydrogen) atoms. The maximum atomic E-state index is 9.07. The molecule has 0 aliphatic rings. The smallest absolute Gasteiger partial charge is 0.123 e. The maximum Gasteiger partial charge on any atom is 0.123 e. The molecule has 0 saturated heterocycles. The highest BCUT2D eigenvalue weighted by atomic mass is 16.3. The lowest BCUT2D eigenvalue weighted by Gasteiger charge is -2.10. The van der Waals surface area contributed by atoms with E-state index in [0.717, 1.165) is 0 Å². The molecule has 0 fully saturated rings. The third-order valence-electron chi connectivity index (χ3n) is 0.638. The molecule has 0 heterocycles. The Balaban J connectivity index is 4.19. The summed E-state index contributed by atoms with van der Waals surface area (Å²) in [7, 11) is 0. The van der Waals surface area contributed by atoms with E-state index in [2.05, 4.69) is 18.8 Å². The van der Waals surface area contributed by atoms with Gasteiger partial charge in [0.2, 0.25) is 0 Å². The maximum absolute atomic E-state index is 9.07. The van der Waals surface area contributed by atoms with Crippen LogP contribution in [0.1, 0.15) is 20.8 Å². The SMILES string of the molecule is [CH2]C(C)(O)C#CC(C)(C)O. The first-order chi connectivity index (χ1) is 4.21. The highest BCUT2D eigenvalue weighted by Gasteiger charge is 2.10. The van der Waals surface area contributed by atoms with E-state index >= 15 is 0 Å². The number of rotatable bonds is 0. The van der Waals surface area contributed by atoms with Gasteiger partial charge in [-0.1, -0.05) is 11.8 Å². The summed E-state index contributed by atoms with van der Waals surface area (Å²) in [6.07, 6.45) is 0. The molecule has 0 aromatic heterocycles. The molecule has 2 N–H and O–H groups in total. The topological polar surface area (TPSA) is 40.5 Å². The van der Waals surface area contributed by atoms with Crippen molar-refractivity contribution in [2.45, 2.75) is 32.0 Å². The van der Waals surface area contributed by atoms with Gasteiger partial charge in [-0.25, -0.2) is 0 Å². The fourth-order valence-electron chi connectivity index (χ4n) is 0.288. The quantitative estimate of drug-likeness (QED) is 0.478. The molecule has 1 radical (unpaired) electrons. The van der Waals surface area contributed by atoms with Gasteiger partial charge in [0.1, 0.15) is 11.2 Å². The van der Waals surface area contributed by atoms with E-state index in [1.165, 1.54) is 6.92 Å². The van der Waals surface area contributed by atoms with E-state index in [0.29, 0.717) is 0 Å². The molecule has 0 aliphatic carbocycles. The van der Waals surface area contributed by atoms with Gasteiger partial charge in [0.25, 0.3) is 0 Å². The van der Waals surface area contributed by atoms with Gasteiger partial charge in [-0.3, -0.25) is 0 Å². The molecule has 0 aliphatic heterocycles. The summed E-state index contributed by atoms with van der Waals surface area (Å²) in [5.74, 6) is 4.86. The molecule has 2 heteroatoms. The Morgan fingerprint density at radius 1 is 1.10 bits per heavy atom. The summed E-state index contributed by atoms with van der Waals surface area (Å²) in [5, 5.41) is 18.1. The predicted octanol–water partition coefficient (Wildman–Crippen LogP) is 0.346. The zero-order valence-corrected chi connectivity index (χ0v) is 6.60. The second kappa shape index (κ2) is 2.61. The Labute approximate surface area is 61.9 Å². The fourth-order valence-corrected chi connectivity index (χ4v) is 0.288. The third-order valence-corrected chi connectivity index (χ3v) is 0.638. The first kappa shape index (κ1) is 9.48. The van der Waals surface area contributed by atoms with E-state index in [4.69, 9.17) is 10.2 Å². The van der Waals surface area contributed by atoms with Crippen LogP contribution < -0.4 is 0 Å². The summed E-state index contributed by atoms with van der Waals surface area (Å²) in [6.45, 7) is 7.90. The summed E-state index contributed by atoms with van der Waals surface area (Å²) in [4.78, 5) is 0. The Bertz CT molecular complexity index is 140. The van der Waals surface area contributed by atoms with Gasteiger partial charge >= 0.3 is 0 Å². The van der Waals surface area contributed by atoms with Gasteiger partial charge in [-0.05, 0) is 27.7 Å². The van der Waals surface area contributed by atoms with Crippen molar-refractivity contribution < 1.29 is 10.2 Å². The van der Waals surface area contributed by atoms with Crippen molar-refractivity contribution in [2.24, 2.45) is 0 Å². The molecule has 0 spiro atoms. The minimum absolute atomic E-state index is 1.05. The largest absolute Gasteiger partial charge is 0.378 e. The van der Waals surface area contributed by atoms with Gasteiger partial charge in [-0.2, -0.15) is 0 Å². The minimum Gasteiger partial charge on any atom is -0.378 e. The van der Waals surface area contributed by atoms with Gasteiger partial charge in [0.15, 0.2) is 0 Å². The number of hydrogen-bond donors (Lipinski definition) is 2. The van der Waals surface area contributed by atoms with Crippen LogP contribution >= 0.6 is 0 Å². The lowest BCUT2D eigenvalue weighted by molar-refractivity contribution is 0.139. The van der Waals surface area contributed by atoms with Gasteiger partial charge in [0, 0.05) is 0 Å². The van der Waals surface area contributed by atoms with Crippen LogP contribution in [-0.4, -0.2) is 21.4 Å². The van der Waals surface area contributed by atoms with E-state index in [9.17, 15) is 0 Å². The second-order valence-corrected chi connectivity index (χ2v) is 3.08. The first-order valence-corrected chi connectivity index (χ1v) is 3.05. The van der Waals surface area contributed by atoms with Crippen LogP contribution in [0.15, 0.2) is 0 Å². The Morgan fingerprint density at radius 2 is 1.50 bits per heavy atom. The van der Waals surface area contributed by atoms with Gasteiger partial charge < -0.3 is 10.2 Å². The summed E-state index contributed by atoms with van der Waals surface area (Å²) in [5.41, 5.74) is -2.32. The van der Waals surface area contributed by atoms with E-state index < -0.39 is 11.2 Å². The zero-order valence-electron chi connectivity index (χ0n) is 6.60. The standard InChI is InChI=1S/C8H13O2/c1-7(2,9)5-6-8(3,4)10/h9-10H,1H2,2-4H3. The van der Waals surface area contributed by atoms with Crippen molar-refractivity contribution in [1.29, 1.82) is 0 Å². The number of aliphatic hydroxyl groups is 2. The predicted molar refractivity (Wildman–Crippen MR) is 40.1 cm³/mol. The average molecular weight is 141 g/mol. The van der Waals surface area contributed by atoms with Crippen molar-refractivity contribution >= 4 is 0 Å². The van der Waals surface area contributed by atoms with Crippen molar-refractivity contribution in [2.75, 3.05) is 0 Å². The zero-order chi connectivity index (χ0) is 8.41. The van der Waals surface area contributed by atoms with Crippen LogP contribution in [-0.2, 0) is 0 Å². The van der Waals surface area contributed by atoms with Crippen LogP contribution in [0.3, 0.4) is 0 Å². The molecule has 2 nitrogen and oxygen atoms in total.